The Morgan fingerprint density at radius 1 is 1.00 bits per heavy atom. The molecule has 0 atom stereocenters. The highest BCUT2D eigenvalue weighted by atomic mass is 15.3. The first kappa shape index (κ1) is 13.7. The lowest BCUT2D eigenvalue weighted by molar-refractivity contribution is 0.245. The number of aromatic nitrogens is 4. The zero-order valence-electron chi connectivity index (χ0n) is 12.1. The largest absolute Gasteiger partial charge is 0.372 e. The molecular formula is C14H19N7. The maximum atomic E-state index is 4.42. The van der Waals surface area contributed by atoms with Gasteiger partial charge in [-0.05, 0) is 6.07 Å². The van der Waals surface area contributed by atoms with Gasteiger partial charge in [0.15, 0.2) is 0 Å². The van der Waals surface area contributed by atoms with Crippen molar-refractivity contribution in [2.45, 2.75) is 6.54 Å². The topological polar surface area (TPSA) is 70.1 Å². The Hall–Kier alpha value is -2.28. The van der Waals surface area contributed by atoms with Gasteiger partial charge in [0.25, 0.3) is 0 Å². The molecule has 110 valence electrons. The van der Waals surface area contributed by atoms with Gasteiger partial charge in [-0.25, -0.2) is 15.0 Å². The summed E-state index contributed by atoms with van der Waals surface area (Å²) in [5, 5.41) is 2.97. The molecule has 2 aromatic rings. The van der Waals surface area contributed by atoms with E-state index in [2.05, 4.69) is 35.1 Å². The summed E-state index contributed by atoms with van der Waals surface area (Å²) in [6.07, 6.45) is 7.17. The van der Waals surface area contributed by atoms with E-state index in [1.807, 2.05) is 19.3 Å². The molecule has 0 saturated carbocycles. The summed E-state index contributed by atoms with van der Waals surface area (Å²) in [4.78, 5) is 21.9. The summed E-state index contributed by atoms with van der Waals surface area (Å²) in [6.45, 7) is 4.67. The Morgan fingerprint density at radius 3 is 2.38 bits per heavy atom. The number of hydrogen-bond acceptors (Lipinski definition) is 7. The van der Waals surface area contributed by atoms with Gasteiger partial charge in [0.2, 0.25) is 5.95 Å². The van der Waals surface area contributed by atoms with E-state index >= 15 is 0 Å². The normalized spacial score (nSPS) is 16.0. The van der Waals surface area contributed by atoms with Crippen molar-refractivity contribution in [1.29, 1.82) is 0 Å². The maximum absolute atomic E-state index is 4.42. The van der Waals surface area contributed by atoms with E-state index in [-0.39, 0.29) is 0 Å². The second-order valence-electron chi connectivity index (χ2n) is 4.95. The van der Waals surface area contributed by atoms with Crippen LogP contribution < -0.4 is 10.2 Å². The van der Waals surface area contributed by atoms with Gasteiger partial charge in [-0.2, -0.15) is 0 Å². The number of hydrogen-bond donors (Lipinski definition) is 1. The molecule has 0 radical (unpaired) electrons. The molecule has 1 aliphatic rings. The summed E-state index contributed by atoms with van der Waals surface area (Å²) in [5.41, 5.74) is 0.999. The van der Waals surface area contributed by atoms with Crippen LogP contribution >= 0.6 is 0 Å². The Kier molecular flexibility index (Phi) is 4.20. The lowest BCUT2D eigenvalue weighted by Gasteiger charge is -2.34. The van der Waals surface area contributed by atoms with Crippen LogP contribution in [0.2, 0.25) is 0 Å². The molecule has 7 nitrogen and oxygen atoms in total. The van der Waals surface area contributed by atoms with E-state index in [9.17, 15) is 0 Å². The van der Waals surface area contributed by atoms with E-state index in [4.69, 9.17) is 0 Å². The van der Waals surface area contributed by atoms with Crippen molar-refractivity contribution in [1.82, 2.24) is 24.8 Å². The van der Waals surface area contributed by atoms with Crippen molar-refractivity contribution in [3.8, 4) is 0 Å². The lowest BCUT2D eigenvalue weighted by Crippen LogP contribution is -2.46. The molecule has 0 unspecified atom stereocenters. The van der Waals surface area contributed by atoms with Crippen LogP contribution in [0.15, 0.2) is 30.9 Å². The zero-order valence-corrected chi connectivity index (χ0v) is 12.1. The van der Waals surface area contributed by atoms with Gasteiger partial charge in [0.1, 0.15) is 5.82 Å². The maximum Gasteiger partial charge on any atom is 0.225 e. The monoisotopic (exact) mass is 285 g/mol. The molecule has 0 aliphatic carbocycles. The Bertz CT molecular complexity index is 549. The van der Waals surface area contributed by atoms with Gasteiger partial charge < -0.3 is 10.2 Å². The molecule has 1 saturated heterocycles. The summed E-state index contributed by atoms with van der Waals surface area (Å²) < 4.78 is 0. The standard InChI is InChI=1S/C14H19N7/c1-15-13-10-18-12(9-19-13)11-20-5-7-21(8-6-20)14-16-3-2-4-17-14/h2-4,9-10H,5-8,11H2,1H3,(H,15,19). The van der Waals surface area contributed by atoms with E-state index in [0.717, 1.165) is 50.2 Å². The molecule has 3 heterocycles. The summed E-state index contributed by atoms with van der Waals surface area (Å²) in [6, 6.07) is 1.84. The van der Waals surface area contributed by atoms with E-state index < -0.39 is 0 Å². The van der Waals surface area contributed by atoms with Gasteiger partial charge in [-0.1, -0.05) is 0 Å². The molecule has 1 N–H and O–H groups in total. The number of nitrogens with one attached hydrogen (secondary N) is 1. The first-order valence-electron chi connectivity index (χ1n) is 7.08. The van der Waals surface area contributed by atoms with E-state index in [1.54, 1.807) is 18.6 Å². The van der Waals surface area contributed by atoms with E-state index in [0.29, 0.717) is 0 Å². The average Bonchev–Trinajstić information content (AvgIpc) is 2.57. The second kappa shape index (κ2) is 6.45. The van der Waals surface area contributed by atoms with Crippen LogP contribution in [-0.4, -0.2) is 58.1 Å². The summed E-state index contributed by atoms with van der Waals surface area (Å²) >= 11 is 0. The molecule has 3 rings (SSSR count). The van der Waals surface area contributed by atoms with Gasteiger partial charge in [0, 0.05) is 52.2 Å². The molecule has 0 bridgehead atoms. The quantitative estimate of drug-likeness (QED) is 0.883. The Balaban J connectivity index is 1.53. The van der Waals surface area contributed by atoms with Crippen molar-refractivity contribution in [3.05, 3.63) is 36.5 Å². The van der Waals surface area contributed by atoms with E-state index in [1.165, 1.54) is 0 Å². The first-order chi connectivity index (χ1) is 10.3. The fourth-order valence-corrected chi connectivity index (χ4v) is 2.36. The first-order valence-corrected chi connectivity index (χ1v) is 7.08. The molecule has 0 aromatic carbocycles. The molecule has 0 spiro atoms. The zero-order chi connectivity index (χ0) is 14.5. The van der Waals surface area contributed by atoms with Crippen LogP contribution in [0.4, 0.5) is 11.8 Å². The molecular weight excluding hydrogens is 266 g/mol. The van der Waals surface area contributed by atoms with Gasteiger partial charge in [0.05, 0.1) is 18.1 Å². The summed E-state index contributed by atoms with van der Waals surface area (Å²) in [7, 11) is 1.84. The molecule has 2 aromatic heterocycles. The van der Waals surface area contributed by atoms with Gasteiger partial charge in [-0.15, -0.1) is 0 Å². The summed E-state index contributed by atoms with van der Waals surface area (Å²) in [5.74, 6) is 1.61. The molecule has 1 aliphatic heterocycles. The van der Waals surface area contributed by atoms with Crippen molar-refractivity contribution in [3.63, 3.8) is 0 Å². The fourth-order valence-electron chi connectivity index (χ4n) is 2.36. The predicted molar refractivity (Wildman–Crippen MR) is 81.1 cm³/mol. The predicted octanol–water partition coefficient (Wildman–Crippen LogP) is 0.630. The van der Waals surface area contributed by atoms with Crippen molar-refractivity contribution in [2.24, 2.45) is 0 Å². The third-order valence-electron chi connectivity index (χ3n) is 3.55. The Labute approximate surface area is 124 Å². The fraction of sp³-hybridized carbons (Fsp3) is 0.429. The molecule has 21 heavy (non-hydrogen) atoms. The highest BCUT2D eigenvalue weighted by Crippen LogP contribution is 2.11. The molecule has 1 fully saturated rings. The number of piperazine rings is 1. The van der Waals surface area contributed by atoms with Gasteiger partial charge >= 0.3 is 0 Å². The third kappa shape index (κ3) is 3.43. The molecule has 7 heteroatoms. The van der Waals surface area contributed by atoms with Crippen LogP contribution in [-0.2, 0) is 6.54 Å². The minimum Gasteiger partial charge on any atom is -0.372 e. The van der Waals surface area contributed by atoms with Crippen LogP contribution in [0.25, 0.3) is 0 Å². The average molecular weight is 285 g/mol. The molecule has 0 amide bonds. The van der Waals surface area contributed by atoms with Gasteiger partial charge in [-0.3, -0.25) is 9.88 Å². The number of rotatable bonds is 4. The van der Waals surface area contributed by atoms with Crippen LogP contribution in [0.5, 0.6) is 0 Å². The third-order valence-corrected chi connectivity index (χ3v) is 3.55. The lowest BCUT2D eigenvalue weighted by atomic mass is 10.3. The van der Waals surface area contributed by atoms with Crippen LogP contribution in [0.3, 0.4) is 0 Å². The number of anilines is 2. The number of nitrogens with zero attached hydrogens (tertiary/aromatic N) is 6. The highest BCUT2D eigenvalue weighted by Gasteiger charge is 2.19. The van der Waals surface area contributed by atoms with Crippen molar-refractivity contribution >= 4 is 11.8 Å². The minimum atomic E-state index is 0.796. The highest BCUT2D eigenvalue weighted by molar-refractivity contribution is 5.30. The second-order valence-corrected chi connectivity index (χ2v) is 4.95. The van der Waals surface area contributed by atoms with Crippen LogP contribution in [0.1, 0.15) is 5.69 Å². The van der Waals surface area contributed by atoms with Crippen molar-refractivity contribution in [2.75, 3.05) is 43.4 Å². The van der Waals surface area contributed by atoms with Crippen molar-refractivity contribution < 1.29 is 0 Å². The smallest absolute Gasteiger partial charge is 0.225 e. The Morgan fingerprint density at radius 2 is 1.76 bits per heavy atom. The minimum absolute atomic E-state index is 0.796. The van der Waals surface area contributed by atoms with Crippen LogP contribution in [0, 0.1) is 0 Å². The SMILES string of the molecule is CNc1cnc(CN2CCN(c3ncccn3)CC2)cn1.